The van der Waals surface area contributed by atoms with Crippen molar-refractivity contribution in [3.8, 4) is 5.75 Å². The molecule has 0 amide bonds. The summed E-state index contributed by atoms with van der Waals surface area (Å²) in [6.07, 6.45) is 4.49. The molecular formula is C11H14BFO3. The molecule has 1 aromatic carbocycles. The van der Waals surface area contributed by atoms with Crippen LogP contribution in [0.1, 0.15) is 25.7 Å². The Kier molecular flexibility index (Phi) is 3.46. The van der Waals surface area contributed by atoms with Gasteiger partial charge in [0, 0.05) is 11.5 Å². The number of halogens is 1. The van der Waals surface area contributed by atoms with E-state index in [1.165, 1.54) is 12.1 Å². The molecule has 0 atom stereocenters. The molecule has 1 saturated carbocycles. The normalized spacial score (nSPS) is 16.4. The molecule has 0 unspecified atom stereocenters. The van der Waals surface area contributed by atoms with Gasteiger partial charge in [0.2, 0.25) is 0 Å². The third kappa shape index (κ3) is 2.54. The highest BCUT2D eigenvalue weighted by Gasteiger charge is 2.19. The van der Waals surface area contributed by atoms with Crippen molar-refractivity contribution >= 4 is 12.6 Å². The minimum atomic E-state index is -1.78. The van der Waals surface area contributed by atoms with Crippen LogP contribution in [0.5, 0.6) is 5.75 Å². The molecule has 1 aromatic rings. The van der Waals surface area contributed by atoms with Gasteiger partial charge < -0.3 is 14.8 Å². The molecule has 16 heavy (non-hydrogen) atoms. The van der Waals surface area contributed by atoms with E-state index in [0.717, 1.165) is 25.7 Å². The van der Waals surface area contributed by atoms with E-state index in [1.54, 1.807) is 6.07 Å². The number of benzene rings is 1. The number of rotatable bonds is 3. The van der Waals surface area contributed by atoms with Crippen LogP contribution in [0.4, 0.5) is 4.39 Å². The van der Waals surface area contributed by atoms with E-state index in [1.807, 2.05) is 0 Å². The molecule has 3 nitrogen and oxygen atoms in total. The summed E-state index contributed by atoms with van der Waals surface area (Å²) < 4.78 is 19.0. The standard InChI is InChI=1S/C11H14BFO3/c13-11-7-9(5-6-10(11)12(14)15)16-8-3-1-2-4-8/h5-8,14-15H,1-4H2. The van der Waals surface area contributed by atoms with Gasteiger partial charge in [0.25, 0.3) is 0 Å². The van der Waals surface area contributed by atoms with Crippen LogP contribution in [0.2, 0.25) is 0 Å². The van der Waals surface area contributed by atoms with E-state index in [0.29, 0.717) is 5.75 Å². The highest BCUT2D eigenvalue weighted by atomic mass is 19.1. The Bertz CT molecular complexity index is 364. The lowest BCUT2D eigenvalue weighted by atomic mass is 9.80. The Morgan fingerprint density at radius 2 is 1.94 bits per heavy atom. The predicted octanol–water partition coefficient (Wildman–Crippen LogP) is 0.827. The maximum absolute atomic E-state index is 13.4. The van der Waals surface area contributed by atoms with E-state index >= 15 is 0 Å². The van der Waals surface area contributed by atoms with Gasteiger partial charge in [-0.05, 0) is 31.7 Å². The number of hydrogen-bond donors (Lipinski definition) is 2. The van der Waals surface area contributed by atoms with Crippen molar-refractivity contribution in [1.82, 2.24) is 0 Å². The molecule has 0 heterocycles. The monoisotopic (exact) mass is 224 g/mol. The lowest BCUT2D eigenvalue weighted by Gasteiger charge is -2.13. The van der Waals surface area contributed by atoms with E-state index in [4.69, 9.17) is 14.8 Å². The van der Waals surface area contributed by atoms with Gasteiger partial charge in [0.15, 0.2) is 0 Å². The van der Waals surface area contributed by atoms with Crippen LogP contribution in [0.25, 0.3) is 0 Å². The van der Waals surface area contributed by atoms with Gasteiger partial charge in [-0.3, -0.25) is 0 Å². The zero-order valence-corrected chi connectivity index (χ0v) is 8.90. The van der Waals surface area contributed by atoms with Gasteiger partial charge in [-0.15, -0.1) is 0 Å². The third-order valence-electron chi connectivity index (χ3n) is 2.86. The van der Waals surface area contributed by atoms with Crippen molar-refractivity contribution in [1.29, 1.82) is 0 Å². The molecular weight excluding hydrogens is 210 g/mol. The summed E-state index contributed by atoms with van der Waals surface area (Å²) in [6.45, 7) is 0. The van der Waals surface area contributed by atoms with E-state index in [2.05, 4.69) is 0 Å². The molecule has 1 aliphatic carbocycles. The van der Waals surface area contributed by atoms with E-state index < -0.39 is 12.9 Å². The average Bonchev–Trinajstić information content (AvgIpc) is 2.70. The van der Waals surface area contributed by atoms with Crippen molar-refractivity contribution in [2.45, 2.75) is 31.8 Å². The summed E-state index contributed by atoms with van der Waals surface area (Å²) in [7, 11) is -1.78. The van der Waals surface area contributed by atoms with Crippen molar-refractivity contribution in [2.24, 2.45) is 0 Å². The molecule has 0 aliphatic heterocycles. The van der Waals surface area contributed by atoms with Crippen molar-refractivity contribution < 1.29 is 19.2 Å². The molecule has 0 radical (unpaired) electrons. The predicted molar refractivity (Wildman–Crippen MR) is 59.1 cm³/mol. The van der Waals surface area contributed by atoms with Crippen LogP contribution in [0.15, 0.2) is 18.2 Å². The molecule has 0 spiro atoms. The molecule has 1 aliphatic rings. The van der Waals surface area contributed by atoms with Gasteiger partial charge in [0.1, 0.15) is 11.6 Å². The fraction of sp³-hybridized carbons (Fsp3) is 0.455. The first-order chi connectivity index (χ1) is 7.66. The Morgan fingerprint density at radius 3 is 2.50 bits per heavy atom. The SMILES string of the molecule is OB(O)c1ccc(OC2CCCC2)cc1F. The lowest BCUT2D eigenvalue weighted by molar-refractivity contribution is 0.209. The highest BCUT2D eigenvalue weighted by Crippen LogP contribution is 2.23. The van der Waals surface area contributed by atoms with Gasteiger partial charge in [0.05, 0.1) is 6.10 Å². The summed E-state index contributed by atoms with van der Waals surface area (Å²) in [5, 5.41) is 17.7. The molecule has 1 fully saturated rings. The van der Waals surface area contributed by atoms with Crippen molar-refractivity contribution in [3.63, 3.8) is 0 Å². The third-order valence-corrected chi connectivity index (χ3v) is 2.86. The fourth-order valence-corrected chi connectivity index (χ4v) is 1.99. The fourth-order valence-electron chi connectivity index (χ4n) is 1.99. The zero-order chi connectivity index (χ0) is 11.5. The minimum absolute atomic E-state index is 0.126. The Hall–Kier alpha value is -1.07. The smallest absolute Gasteiger partial charge is 0.490 e. The topological polar surface area (TPSA) is 49.7 Å². The van der Waals surface area contributed by atoms with Crippen LogP contribution in [-0.2, 0) is 0 Å². The molecule has 2 N–H and O–H groups in total. The van der Waals surface area contributed by atoms with Crippen LogP contribution < -0.4 is 10.2 Å². The second-order valence-corrected chi connectivity index (χ2v) is 4.08. The van der Waals surface area contributed by atoms with Crippen molar-refractivity contribution in [2.75, 3.05) is 0 Å². The highest BCUT2D eigenvalue weighted by molar-refractivity contribution is 6.58. The van der Waals surface area contributed by atoms with E-state index in [9.17, 15) is 4.39 Å². The molecule has 0 saturated heterocycles. The summed E-state index contributed by atoms with van der Waals surface area (Å²) in [5.74, 6) is -0.195. The lowest BCUT2D eigenvalue weighted by Crippen LogP contribution is -2.32. The van der Waals surface area contributed by atoms with E-state index in [-0.39, 0.29) is 11.6 Å². The molecule has 5 heteroatoms. The summed E-state index contributed by atoms with van der Waals surface area (Å²) in [6, 6.07) is 4.10. The zero-order valence-electron chi connectivity index (χ0n) is 8.90. The van der Waals surface area contributed by atoms with Crippen LogP contribution in [0, 0.1) is 5.82 Å². The van der Waals surface area contributed by atoms with Crippen LogP contribution in [0.3, 0.4) is 0 Å². The number of hydrogen-bond acceptors (Lipinski definition) is 3. The first kappa shape index (κ1) is 11.4. The first-order valence-electron chi connectivity index (χ1n) is 5.49. The maximum Gasteiger partial charge on any atom is 0.491 e. The quantitative estimate of drug-likeness (QED) is 0.747. The summed E-state index contributed by atoms with van der Waals surface area (Å²) in [5.41, 5.74) is -0.126. The minimum Gasteiger partial charge on any atom is -0.490 e. The van der Waals surface area contributed by atoms with Gasteiger partial charge >= 0.3 is 7.12 Å². The second-order valence-electron chi connectivity index (χ2n) is 4.08. The van der Waals surface area contributed by atoms with Gasteiger partial charge in [-0.25, -0.2) is 4.39 Å². The largest absolute Gasteiger partial charge is 0.491 e. The summed E-state index contributed by atoms with van der Waals surface area (Å²) >= 11 is 0. The molecule has 86 valence electrons. The second kappa shape index (κ2) is 4.85. The Balaban J connectivity index is 2.08. The summed E-state index contributed by atoms with van der Waals surface area (Å²) in [4.78, 5) is 0. The Morgan fingerprint density at radius 1 is 1.25 bits per heavy atom. The van der Waals surface area contributed by atoms with Gasteiger partial charge in [-0.2, -0.15) is 0 Å². The first-order valence-corrected chi connectivity index (χ1v) is 5.49. The van der Waals surface area contributed by atoms with Crippen LogP contribution in [-0.4, -0.2) is 23.3 Å². The number of ether oxygens (including phenoxy) is 1. The molecule has 2 rings (SSSR count). The van der Waals surface area contributed by atoms with Crippen molar-refractivity contribution in [3.05, 3.63) is 24.0 Å². The van der Waals surface area contributed by atoms with Crippen LogP contribution >= 0.6 is 0 Å². The molecule has 0 aromatic heterocycles. The average molecular weight is 224 g/mol. The molecule has 0 bridgehead atoms. The maximum atomic E-state index is 13.4. The van der Waals surface area contributed by atoms with Gasteiger partial charge in [-0.1, -0.05) is 6.07 Å². The Labute approximate surface area is 94.0 Å².